The highest BCUT2D eigenvalue weighted by atomic mass is 16.3. The molecule has 4 nitrogen and oxygen atoms in total. The molecule has 2 aliphatic carbocycles. The number of fused-ring (bicyclic) bond motifs is 1. The molecular weight excluding hydrogens is 288 g/mol. The number of hydrogen-bond acceptors (Lipinski definition) is 2. The standard InChI is InChI=1S/C19H22N2O2/c1-12(19(23)8-9-19)20-18(22)21-17-11-16(17)15-7-6-13-4-2-3-5-14(13)10-15/h2-7,10,12,16-17,23H,8-9,11H2,1H3,(H2,20,21,22)/t12-,16-,17+/m0/s1. The van der Waals surface area contributed by atoms with Gasteiger partial charge in [-0.15, -0.1) is 0 Å². The number of aliphatic hydroxyl groups is 1. The Morgan fingerprint density at radius 3 is 2.70 bits per heavy atom. The maximum atomic E-state index is 12.0. The molecule has 2 fully saturated rings. The number of nitrogens with one attached hydrogen (secondary N) is 2. The van der Waals surface area contributed by atoms with Crippen LogP contribution in [0.15, 0.2) is 42.5 Å². The highest BCUT2D eigenvalue weighted by Gasteiger charge is 2.47. The van der Waals surface area contributed by atoms with Crippen LogP contribution in [0.1, 0.15) is 37.7 Å². The van der Waals surface area contributed by atoms with Crippen LogP contribution >= 0.6 is 0 Å². The van der Waals surface area contributed by atoms with Crippen molar-refractivity contribution in [3.8, 4) is 0 Å². The van der Waals surface area contributed by atoms with Gasteiger partial charge in [0, 0.05) is 12.0 Å². The first-order chi connectivity index (χ1) is 11.0. The summed E-state index contributed by atoms with van der Waals surface area (Å²) >= 11 is 0. The zero-order valence-electron chi connectivity index (χ0n) is 13.3. The van der Waals surface area contributed by atoms with Crippen molar-refractivity contribution < 1.29 is 9.90 Å². The molecule has 4 heteroatoms. The summed E-state index contributed by atoms with van der Waals surface area (Å²) in [6.45, 7) is 1.86. The molecule has 120 valence electrons. The van der Waals surface area contributed by atoms with E-state index in [1.54, 1.807) is 0 Å². The summed E-state index contributed by atoms with van der Waals surface area (Å²) in [7, 11) is 0. The first kappa shape index (κ1) is 14.5. The van der Waals surface area contributed by atoms with Gasteiger partial charge in [-0.3, -0.25) is 0 Å². The van der Waals surface area contributed by atoms with Crippen LogP contribution < -0.4 is 10.6 Å². The molecule has 4 rings (SSSR count). The molecule has 0 unspecified atom stereocenters. The second-order valence-corrected chi connectivity index (χ2v) is 7.00. The summed E-state index contributed by atoms with van der Waals surface area (Å²) in [5.41, 5.74) is 0.599. The van der Waals surface area contributed by atoms with E-state index >= 15 is 0 Å². The lowest BCUT2D eigenvalue weighted by Crippen LogP contribution is -2.47. The summed E-state index contributed by atoms with van der Waals surface area (Å²) in [4.78, 5) is 12.0. The van der Waals surface area contributed by atoms with Crippen LogP contribution in [0, 0.1) is 0 Å². The quantitative estimate of drug-likeness (QED) is 0.813. The molecule has 0 bridgehead atoms. The summed E-state index contributed by atoms with van der Waals surface area (Å²) in [5, 5.41) is 18.3. The lowest BCUT2D eigenvalue weighted by Gasteiger charge is -2.19. The number of carbonyl (C=O) groups excluding carboxylic acids is 1. The first-order valence-electron chi connectivity index (χ1n) is 8.33. The Morgan fingerprint density at radius 1 is 1.22 bits per heavy atom. The topological polar surface area (TPSA) is 61.4 Å². The Morgan fingerprint density at radius 2 is 1.96 bits per heavy atom. The largest absolute Gasteiger partial charge is 0.388 e. The highest BCUT2D eigenvalue weighted by molar-refractivity contribution is 5.83. The Kier molecular flexibility index (Phi) is 3.31. The second-order valence-electron chi connectivity index (χ2n) is 7.00. The number of urea groups is 1. The number of carbonyl (C=O) groups is 1. The molecule has 3 N–H and O–H groups in total. The zero-order valence-corrected chi connectivity index (χ0v) is 13.3. The molecule has 2 aliphatic rings. The molecule has 2 aromatic carbocycles. The van der Waals surface area contributed by atoms with Gasteiger partial charge in [0.05, 0.1) is 11.6 Å². The molecular formula is C19H22N2O2. The second kappa shape index (κ2) is 5.24. The van der Waals surface area contributed by atoms with E-state index in [0.717, 1.165) is 19.3 Å². The van der Waals surface area contributed by atoms with Crippen LogP contribution in [0.4, 0.5) is 4.79 Å². The van der Waals surface area contributed by atoms with E-state index in [9.17, 15) is 9.90 Å². The van der Waals surface area contributed by atoms with E-state index in [4.69, 9.17) is 0 Å². The molecule has 3 atom stereocenters. The van der Waals surface area contributed by atoms with Crippen molar-refractivity contribution >= 4 is 16.8 Å². The van der Waals surface area contributed by atoms with Gasteiger partial charge in [0.15, 0.2) is 0 Å². The van der Waals surface area contributed by atoms with Crippen LogP contribution in [0.5, 0.6) is 0 Å². The first-order valence-corrected chi connectivity index (χ1v) is 8.33. The van der Waals surface area contributed by atoms with Gasteiger partial charge in [0.1, 0.15) is 0 Å². The smallest absolute Gasteiger partial charge is 0.315 e. The number of benzene rings is 2. The monoisotopic (exact) mass is 310 g/mol. The molecule has 0 aromatic heterocycles. The predicted molar refractivity (Wildman–Crippen MR) is 90.4 cm³/mol. The van der Waals surface area contributed by atoms with E-state index in [2.05, 4.69) is 41.0 Å². The fourth-order valence-corrected chi connectivity index (χ4v) is 3.26. The molecule has 0 heterocycles. The Bertz CT molecular complexity index is 754. The molecule has 2 saturated carbocycles. The minimum Gasteiger partial charge on any atom is -0.388 e. The molecule has 0 saturated heterocycles. The molecule has 0 aliphatic heterocycles. The SMILES string of the molecule is C[C@H](NC(=O)N[C@@H]1C[C@H]1c1ccc2ccccc2c1)C1(O)CC1. The van der Waals surface area contributed by atoms with Crippen molar-refractivity contribution in [2.45, 2.75) is 49.8 Å². The van der Waals surface area contributed by atoms with Crippen molar-refractivity contribution in [1.82, 2.24) is 10.6 Å². The van der Waals surface area contributed by atoms with Crippen LogP contribution in [0.2, 0.25) is 0 Å². The van der Waals surface area contributed by atoms with Gasteiger partial charge in [-0.05, 0) is 42.5 Å². The third kappa shape index (κ3) is 2.91. The van der Waals surface area contributed by atoms with E-state index in [-0.39, 0.29) is 18.1 Å². The summed E-state index contributed by atoms with van der Waals surface area (Å²) < 4.78 is 0. The van der Waals surface area contributed by atoms with Gasteiger partial charge in [-0.1, -0.05) is 42.5 Å². The average Bonchev–Trinajstić information content (AvgIpc) is 3.45. The number of rotatable bonds is 4. The maximum absolute atomic E-state index is 12.0. The molecule has 2 aromatic rings. The van der Waals surface area contributed by atoms with E-state index in [1.165, 1.54) is 16.3 Å². The number of amides is 2. The Balaban J connectivity index is 1.36. The van der Waals surface area contributed by atoms with Gasteiger partial charge in [0.25, 0.3) is 0 Å². The Hall–Kier alpha value is -2.07. The molecule has 0 radical (unpaired) electrons. The lowest BCUT2D eigenvalue weighted by molar-refractivity contribution is 0.112. The minimum atomic E-state index is -0.682. The predicted octanol–water partition coefficient (Wildman–Crippen LogP) is 2.91. The maximum Gasteiger partial charge on any atom is 0.315 e. The molecule has 2 amide bonds. The van der Waals surface area contributed by atoms with E-state index < -0.39 is 5.60 Å². The highest BCUT2D eigenvalue weighted by Crippen LogP contribution is 2.42. The molecule has 0 spiro atoms. The van der Waals surface area contributed by atoms with Gasteiger partial charge in [-0.2, -0.15) is 0 Å². The summed E-state index contributed by atoms with van der Waals surface area (Å²) in [5.74, 6) is 0.393. The van der Waals surface area contributed by atoms with Crippen LogP contribution in [0.25, 0.3) is 10.8 Å². The van der Waals surface area contributed by atoms with Crippen molar-refractivity contribution in [1.29, 1.82) is 0 Å². The van der Waals surface area contributed by atoms with E-state index in [0.29, 0.717) is 5.92 Å². The fourth-order valence-electron chi connectivity index (χ4n) is 3.26. The van der Waals surface area contributed by atoms with Gasteiger partial charge in [-0.25, -0.2) is 4.79 Å². The van der Waals surface area contributed by atoms with Crippen molar-refractivity contribution in [3.05, 3.63) is 48.0 Å². The van der Waals surface area contributed by atoms with E-state index in [1.807, 2.05) is 19.1 Å². The third-order valence-electron chi connectivity index (χ3n) is 5.22. The number of hydrogen-bond donors (Lipinski definition) is 3. The third-order valence-corrected chi connectivity index (χ3v) is 5.22. The minimum absolute atomic E-state index is 0.175. The van der Waals surface area contributed by atoms with Crippen LogP contribution in [-0.4, -0.2) is 28.8 Å². The Labute approximate surface area is 135 Å². The van der Waals surface area contributed by atoms with Crippen molar-refractivity contribution in [2.75, 3.05) is 0 Å². The van der Waals surface area contributed by atoms with Crippen LogP contribution in [0.3, 0.4) is 0 Å². The van der Waals surface area contributed by atoms with Gasteiger partial charge >= 0.3 is 6.03 Å². The van der Waals surface area contributed by atoms with Gasteiger partial charge in [0.2, 0.25) is 0 Å². The molecule has 23 heavy (non-hydrogen) atoms. The van der Waals surface area contributed by atoms with Crippen molar-refractivity contribution in [2.24, 2.45) is 0 Å². The van der Waals surface area contributed by atoms with Crippen molar-refractivity contribution in [3.63, 3.8) is 0 Å². The fraction of sp³-hybridized carbons (Fsp3) is 0.421. The zero-order chi connectivity index (χ0) is 16.0. The van der Waals surface area contributed by atoms with Gasteiger partial charge < -0.3 is 15.7 Å². The van der Waals surface area contributed by atoms with Crippen LogP contribution in [-0.2, 0) is 0 Å². The lowest BCUT2D eigenvalue weighted by atomic mass is 10.0. The summed E-state index contributed by atoms with van der Waals surface area (Å²) in [6, 6.07) is 14.7. The average molecular weight is 310 g/mol. The summed E-state index contributed by atoms with van der Waals surface area (Å²) in [6.07, 6.45) is 2.53. The normalized spacial score (nSPS) is 25.7.